The van der Waals surface area contributed by atoms with E-state index in [1.807, 2.05) is 6.07 Å². The molecule has 8 nitrogen and oxygen atoms in total. The molecule has 1 saturated heterocycles. The predicted molar refractivity (Wildman–Crippen MR) is 170 cm³/mol. The number of alkyl halides is 1. The van der Waals surface area contributed by atoms with Gasteiger partial charge in [-0.3, -0.25) is 9.59 Å². The summed E-state index contributed by atoms with van der Waals surface area (Å²) in [6.45, 7) is 9.75. The van der Waals surface area contributed by atoms with Gasteiger partial charge >= 0.3 is 0 Å². The van der Waals surface area contributed by atoms with E-state index < -0.39 is 40.1 Å². The first-order chi connectivity index (χ1) is 20.0. The number of sulfonamides is 1. The van der Waals surface area contributed by atoms with Crippen LogP contribution in [0.15, 0.2) is 53.6 Å². The minimum absolute atomic E-state index is 0.0165. The van der Waals surface area contributed by atoms with Crippen molar-refractivity contribution in [2.45, 2.75) is 82.5 Å². The number of carbonyl (C=O) groups is 2. The average Bonchev–Trinajstić information content (AvgIpc) is 3.37. The van der Waals surface area contributed by atoms with E-state index in [2.05, 4.69) is 48.0 Å². The lowest BCUT2D eigenvalue weighted by atomic mass is 9.62. The molecule has 1 saturated carbocycles. The summed E-state index contributed by atoms with van der Waals surface area (Å²) in [5, 5.41) is 10.2. The van der Waals surface area contributed by atoms with Crippen molar-refractivity contribution in [2.24, 2.45) is 11.3 Å². The highest BCUT2D eigenvalue weighted by atomic mass is 35.5. The van der Waals surface area contributed by atoms with E-state index in [0.29, 0.717) is 48.4 Å². The first kappa shape index (κ1) is 33.6. The summed E-state index contributed by atoms with van der Waals surface area (Å²) < 4.78 is 39.0. The van der Waals surface area contributed by atoms with Crippen LogP contribution in [0.2, 0.25) is 5.02 Å². The Balaban J connectivity index is 1.72. The molecule has 2 amide bonds. The molecule has 4 atom stereocenters. The van der Waals surface area contributed by atoms with Gasteiger partial charge in [-0.15, -0.1) is 0 Å². The lowest BCUT2D eigenvalue weighted by Gasteiger charge is -2.38. The van der Waals surface area contributed by atoms with Gasteiger partial charge in [0.2, 0.25) is 21.8 Å². The van der Waals surface area contributed by atoms with Gasteiger partial charge in [-0.25, -0.2) is 17.5 Å². The van der Waals surface area contributed by atoms with Gasteiger partial charge in [0.1, 0.15) is 12.1 Å². The van der Waals surface area contributed by atoms with Crippen molar-refractivity contribution in [3.8, 4) is 0 Å². The zero-order chi connectivity index (χ0) is 31.7. The fourth-order valence-corrected chi connectivity index (χ4v) is 7.93. The summed E-state index contributed by atoms with van der Waals surface area (Å²) in [4.78, 5) is 28.3. The van der Waals surface area contributed by atoms with Crippen LogP contribution >= 0.6 is 23.2 Å². The Labute approximate surface area is 264 Å². The van der Waals surface area contributed by atoms with E-state index in [0.717, 1.165) is 11.8 Å². The number of benzene rings is 1. The Hall–Kier alpha value is -2.24. The molecule has 1 aliphatic carbocycles. The first-order valence-electron chi connectivity index (χ1n) is 14.5. The second-order valence-electron chi connectivity index (χ2n) is 13.1. The van der Waals surface area contributed by atoms with Crippen LogP contribution in [0.25, 0.3) is 0 Å². The highest BCUT2D eigenvalue weighted by Gasteiger charge is 2.65. The molecule has 43 heavy (non-hydrogen) atoms. The Kier molecular flexibility index (Phi) is 10.2. The molecule has 1 aromatic carbocycles. The SMILES string of the molecule is C=C(/C=C\C=C(\Cl)CF)[C@H]1[C@H](C(=O)N[C@H]2CC[C@H](NS(C)(=O)=O)CC2)N[C@H](CC(C)(C)C)[C@]12C(=O)Nc1cc(Cl)ccc12. The quantitative estimate of drug-likeness (QED) is 0.276. The van der Waals surface area contributed by atoms with Crippen molar-refractivity contribution in [2.75, 3.05) is 18.2 Å². The van der Waals surface area contributed by atoms with Gasteiger partial charge in [0, 0.05) is 39.8 Å². The molecular weight excluding hydrogens is 614 g/mol. The van der Waals surface area contributed by atoms with E-state index in [1.165, 1.54) is 6.08 Å². The number of carbonyl (C=O) groups excluding carboxylic acids is 2. The van der Waals surface area contributed by atoms with Crippen molar-refractivity contribution in [3.63, 3.8) is 0 Å². The maximum Gasteiger partial charge on any atom is 0.238 e. The van der Waals surface area contributed by atoms with Crippen molar-refractivity contribution in [1.29, 1.82) is 0 Å². The van der Waals surface area contributed by atoms with Crippen LogP contribution in [0.4, 0.5) is 10.1 Å². The van der Waals surface area contributed by atoms with Crippen molar-refractivity contribution >= 4 is 50.7 Å². The van der Waals surface area contributed by atoms with Gasteiger partial charge in [-0.2, -0.15) is 0 Å². The van der Waals surface area contributed by atoms with Crippen LogP contribution in [-0.2, 0) is 25.0 Å². The Morgan fingerprint density at radius 3 is 2.47 bits per heavy atom. The fourth-order valence-electron chi connectivity index (χ4n) is 6.85. The smallest absolute Gasteiger partial charge is 0.238 e. The zero-order valence-corrected chi connectivity index (χ0v) is 27.3. The van der Waals surface area contributed by atoms with E-state index in [-0.39, 0.29) is 34.3 Å². The number of nitrogens with one attached hydrogen (secondary N) is 4. The molecule has 4 rings (SSSR count). The van der Waals surface area contributed by atoms with Crippen molar-refractivity contribution in [1.82, 2.24) is 15.4 Å². The number of fused-ring (bicyclic) bond motifs is 2. The van der Waals surface area contributed by atoms with E-state index >= 15 is 0 Å². The highest BCUT2D eigenvalue weighted by Crippen LogP contribution is 2.55. The van der Waals surface area contributed by atoms with Gasteiger partial charge in [0.15, 0.2) is 0 Å². The average molecular weight is 656 g/mol. The lowest BCUT2D eigenvalue weighted by molar-refractivity contribution is -0.125. The van der Waals surface area contributed by atoms with E-state index in [9.17, 15) is 22.4 Å². The van der Waals surface area contributed by atoms with Crippen LogP contribution in [0.1, 0.15) is 58.4 Å². The minimum atomic E-state index is -3.32. The number of allylic oxidation sites excluding steroid dienone is 4. The third-order valence-electron chi connectivity index (χ3n) is 8.47. The predicted octanol–water partition coefficient (Wildman–Crippen LogP) is 5.10. The number of anilines is 1. The third-order valence-corrected chi connectivity index (χ3v) is 9.70. The number of hydrogen-bond donors (Lipinski definition) is 4. The van der Waals surface area contributed by atoms with Crippen LogP contribution in [0.3, 0.4) is 0 Å². The normalized spacial score (nSPS) is 29.6. The molecule has 12 heteroatoms. The molecule has 0 aromatic heterocycles. The Bertz CT molecular complexity index is 1430. The summed E-state index contributed by atoms with van der Waals surface area (Å²) in [6, 6.07) is 3.74. The Morgan fingerprint density at radius 1 is 1.21 bits per heavy atom. The van der Waals surface area contributed by atoms with E-state index in [1.54, 1.807) is 24.3 Å². The standard InChI is InChI=1S/C31H41Cl2FN4O4S/c1-18(7-6-8-20(33)17-34)26-27(28(39)35-21-10-12-22(13-11-21)38-43(5,41)42)37-25(16-30(2,3)4)31(26)23-14-9-19(32)15-24(23)36-29(31)40/h6-9,14-15,21-22,25-27,37-38H,1,10-13,16-17H2,2-5H3,(H,35,39)(H,36,40)/b7-6-,20-8+/t21-,22-,25-,26+,27-,31+/m1/s1. The second kappa shape index (κ2) is 13.0. The molecule has 0 unspecified atom stereocenters. The number of rotatable bonds is 9. The summed E-state index contributed by atoms with van der Waals surface area (Å²) in [5.74, 6) is -1.20. The van der Waals surface area contributed by atoms with Gasteiger partial charge in [0.05, 0.1) is 12.3 Å². The molecular formula is C31H41Cl2FN4O4S. The summed E-state index contributed by atoms with van der Waals surface area (Å²) in [7, 11) is -3.32. The number of amides is 2. The topological polar surface area (TPSA) is 116 Å². The number of halogens is 3. The van der Waals surface area contributed by atoms with Crippen LogP contribution < -0.4 is 20.7 Å². The fraction of sp³-hybridized carbons (Fsp3) is 0.548. The zero-order valence-electron chi connectivity index (χ0n) is 25.0. The number of hydrogen-bond acceptors (Lipinski definition) is 5. The van der Waals surface area contributed by atoms with E-state index in [4.69, 9.17) is 23.2 Å². The highest BCUT2D eigenvalue weighted by molar-refractivity contribution is 7.88. The monoisotopic (exact) mass is 654 g/mol. The molecule has 3 aliphatic rings. The second-order valence-corrected chi connectivity index (χ2v) is 15.8. The maximum atomic E-state index is 14.2. The molecule has 236 valence electrons. The maximum absolute atomic E-state index is 14.2. The van der Waals surface area contributed by atoms with Crippen LogP contribution in [0.5, 0.6) is 0 Å². The summed E-state index contributed by atoms with van der Waals surface area (Å²) in [6.07, 6.45) is 8.83. The molecule has 0 bridgehead atoms. The van der Waals surface area contributed by atoms with Gasteiger partial charge in [0.25, 0.3) is 0 Å². The van der Waals surface area contributed by atoms with Crippen LogP contribution in [-0.4, -0.2) is 57.3 Å². The molecule has 1 aromatic rings. The summed E-state index contributed by atoms with van der Waals surface area (Å²) in [5.41, 5.74) is 0.473. The first-order valence-corrected chi connectivity index (χ1v) is 17.1. The molecule has 1 spiro atoms. The molecule has 0 radical (unpaired) electrons. The third kappa shape index (κ3) is 7.53. The largest absolute Gasteiger partial charge is 0.352 e. The summed E-state index contributed by atoms with van der Waals surface area (Å²) >= 11 is 12.2. The minimum Gasteiger partial charge on any atom is -0.352 e. The molecule has 4 N–H and O–H groups in total. The van der Waals surface area contributed by atoms with Gasteiger partial charge in [-0.1, -0.05) is 68.8 Å². The molecule has 2 fully saturated rings. The van der Waals surface area contributed by atoms with Crippen LogP contribution in [0, 0.1) is 11.3 Å². The molecule has 2 heterocycles. The van der Waals surface area contributed by atoms with Crippen molar-refractivity contribution in [3.05, 3.63) is 64.2 Å². The van der Waals surface area contributed by atoms with Gasteiger partial charge in [-0.05, 0) is 66.9 Å². The van der Waals surface area contributed by atoms with Gasteiger partial charge < -0.3 is 16.0 Å². The lowest BCUT2D eigenvalue weighted by Crippen LogP contribution is -2.51. The Morgan fingerprint density at radius 2 is 1.86 bits per heavy atom. The molecule has 2 aliphatic heterocycles. The van der Waals surface area contributed by atoms with Crippen molar-refractivity contribution < 1.29 is 22.4 Å².